The molecule has 7 heteroatoms. The Labute approximate surface area is 404 Å². The Bertz CT molecular complexity index is 3080. The number of hydrogen-bond acceptors (Lipinski definition) is 4. The summed E-state index contributed by atoms with van der Waals surface area (Å²) in [5, 5.41) is 8.20. The van der Waals surface area contributed by atoms with Gasteiger partial charge in [0, 0.05) is 44.5 Å². The zero-order valence-corrected chi connectivity index (χ0v) is 38.6. The summed E-state index contributed by atoms with van der Waals surface area (Å²) < 4.78 is 0. The Morgan fingerprint density at radius 1 is 0.299 bits per heavy atom. The number of benzene rings is 8. The molecule has 0 aliphatic carbocycles. The normalized spacial score (nSPS) is 12.5. The van der Waals surface area contributed by atoms with Crippen LogP contribution in [0.4, 0.5) is 22.7 Å². The van der Waals surface area contributed by atoms with Crippen LogP contribution in [0.15, 0.2) is 216 Å². The van der Waals surface area contributed by atoms with Gasteiger partial charge in [-0.1, -0.05) is 169 Å². The maximum absolute atomic E-state index is 12.5. The second-order valence-corrected chi connectivity index (χ2v) is 14.8. The maximum atomic E-state index is 12.5. The molecule has 0 saturated carbocycles. The van der Waals surface area contributed by atoms with E-state index in [9.17, 15) is 9.59 Å². The molecule has 0 fully saturated rings. The van der Waals surface area contributed by atoms with Gasteiger partial charge in [-0.2, -0.15) is 0 Å². The van der Waals surface area contributed by atoms with E-state index in [0.717, 1.165) is 55.6 Å². The van der Waals surface area contributed by atoms with Crippen LogP contribution in [0.2, 0.25) is 0 Å². The first-order valence-corrected chi connectivity index (χ1v) is 21.0. The van der Waals surface area contributed by atoms with Crippen molar-refractivity contribution in [1.29, 1.82) is 0 Å². The minimum atomic E-state index is -0.339. The summed E-state index contributed by atoms with van der Waals surface area (Å²) in [5.74, 6) is 24.8. The summed E-state index contributed by atoms with van der Waals surface area (Å²) in [6, 6.07) is 65.3. The molecular weight excluding hydrogens is 993 g/mol. The monoisotopic (exact) mass is 1030 g/mol. The second kappa shape index (κ2) is 21.6. The molecule has 0 bridgehead atoms. The molecule has 0 N–H and O–H groups in total. The van der Waals surface area contributed by atoms with Gasteiger partial charge >= 0.3 is 21.1 Å². The standard InChI is InChI=1S/2C30H18N2O.W/c2*33-30-29(27-13-7-8-14-28(27)32-30)31-26-20-24(17-15-22-9-3-1-4-10-22)19-25(21-26)18-16-23-11-5-2-6-12-23;/h2*1-14,19-21H,(H,31,32,33);/q;;+2/p-2. The number of aliphatic imine (C=N–C) groups is 2. The Balaban J connectivity index is 0.000000179. The molecule has 2 aliphatic rings. The van der Waals surface area contributed by atoms with E-state index in [2.05, 4.69) is 68.0 Å². The van der Waals surface area contributed by atoms with E-state index in [1.165, 1.54) is 0 Å². The van der Waals surface area contributed by atoms with Crippen molar-refractivity contribution in [3.05, 3.63) is 273 Å². The zero-order valence-electron chi connectivity index (χ0n) is 35.6. The quantitative estimate of drug-likeness (QED) is 0.162. The largest absolute Gasteiger partial charge is 2.00 e. The number of rotatable bonds is 2. The third-order valence-corrected chi connectivity index (χ3v) is 9.98. The molecule has 0 saturated heterocycles. The molecule has 8 aromatic carbocycles. The Morgan fingerprint density at radius 2 is 0.552 bits per heavy atom. The van der Waals surface area contributed by atoms with Crippen LogP contribution in [0.25, 0.3) is 10.6 Å². The van der Waals surface area contributed by atoms with Crippen molar-refractivity contribution in [2.75, 3.05) is 0 Å². The van der Waals surface area contributed by atoms with E-state index in [-0.39, 0.29) is 32.9 Å². The van der Waals surface area contributed by atoms with E-state index in [4.69, 9.17) is 0 Å². The van der Waals surface area contributed by atoms with Crippen molar-refractivity contribution in [2.24, 2.45) is 9.98 Å². The molecular formula is C60H34N4O2W. The first-order valence-electron chi connectivity index (χ1n) is 21.0. The van der Waals surface area contributed by atoms with Gasteiger partial charge in [-0.25, -0.2) is 9.98 Å². The predicted molar refractivity (Wildman–Crippen MR) is 264 cm³/mol. The van der Waals surface area contributed by atoms with Gasteiger partial charge in [0.25, 0.3) is 0 Å². The SMILES string of the molecule is O=C1[N-]c2ccccc2C1=Nc1cc(C#Cc2ccccc2)cc(C#Cc2ccccc2)c1.O=C1[N-]c2ccccc2C1=Nc1cc(C#Cc2ccccc2)cc(C#Cc2ccccc2)c1.[W+2]. The maximum Gasteiger partial charge on any atom is 2.00 e. The van der Waals surface area contributed by atoms with Crippen LogP contribution < -0.4 is 0 Å². The summed E-state index contributed by atoms with van der Waals surface area (Å²) in [4.78, 5) is 34.2. The Hall–Kier alpha value is -9.03. The molecule has 67 heavy (non-hydrogen) atoms. The van der Waals surface area contributed by atoms with Crippen molar-refractivity contribution in [1.82, 2.24) is 0 Å². The number of fused-ring (bicyclic) bond motifs is 2. The molecule has 8 aromatic rings. The van der Waals surface area contributed by atoms with Gasteiger partial charge in [0.1, 0.15) is 11.8 Å². The average molecular weight is 1030 g/mol. The molecule has 10 rings (SSSR count). The van der Waals surface area contributed by atoms with Crippen molar-refractivity contribution in [3.8, 4) is 47.4 Å². The molecule has 0 spiro atoms. The average Bonchev–Trinajstić information content (AvgIpc) is 3.86. The zero-order chi connectivity index (χ0) is 44.9. The summed E-state index contributed by atoms with van der Waals surface area (Å²) in [6.07, 6.45) is 0. The number of nitrogens with zero attached hydrogens (tertiary/aromatic N) is 4. The van der Waals surface area contributed by atoms with Crippen LogP contribution in [0, 0.1) is 47.4 Å². The summed E-state index contributed by atoms with van der Waals surface area (Å²) in [7, 11) is 0. The van der Waals surface area contributed by atoms with Gasteiger partial charge in [-0.15, -0.1) is 11.4 Å². The number of hydrogen-bond donors (Lipinski definition) is 0. The van der Waals surface area contributed by atoms with Gasteiger partial charge in [0.15, 0.2) is 0 Å². The third-order valence-electron chi connectivity index (χ3n) is 9.98. The summed E-state index contributed by atoms with van der Waals surface area (Å²) in [5.41, 5.74) is 11.4. The summed E-state index contributed by atoms with van der Waals surface area (Å²) >= 11 is 0. The third kappa shape index (κ3) is 11.8. The smallest absolute Gasteiger partial charge is 0.621 e. The minimum absolute atomic E-state index is 0. The molecule has 0 unspecified atom stereocenters. The molecule has 2 aliphatic heterocycles. The van der Waals surface area contributed by atoms with Crippen LogP contribution in [-0.4, -0.2) is 23.2 Å². The van der Waals surface area contributed by atoms with Crippen molar-refractivity contribution < 1.29 is 30.7 Å². The Morgan fingerprint density at radius 3 is 0.851 bits per heavy atom. The minimum Gasteiger partial charge on any atom is -0.621 e. The van der Waals surface area contributed by atoms with Crippen molar-refractivity contribution in [2.45, 2.75) is 0 Å². The fourth-order valence-electron chi connectivity index (χ4n) is 6.88. The van der Waals surface area contributed by atoms with Gasteiger partial charge in [-0.05, 0) is 96.1 Å². The number of para-hydroxylation sites is 2. The first-order chi connectivity index (χ1) is 32.5. The topological polar surface area (TPSA) is 87.1 Å². The predicted octanol–water partition coefficient (Wildman–Crippen LogP) is 12.3. The summed E-state index contributed by atoms with van der Waals surface area (Å²) in [6.45, 7) is 0. The fourth-order valence-corrected chi connectivity index (χ4v) is 6.88. The van der Waals surface area contributed by atoms with E-state index in [1.54, 1.807) is 0 Å². The first kappa shape index (κ1) is 44.6. The van der Waals surface area contributed by atoms with Gasteiger partial charge in [0.05, 0.1) is 22.8 Å². The van der Waals surface area contributed by atoms with Crippen LogP contribution in [0.5, 0.6) is 0 Å². The van der Waals surface area contributed by atoms with Crippen molar-refractivity contribution in [3.63, 3.8) is 0 Å². The second-order valence-electron chi connectivity index (χ2n) is 14.8. The molecule has 0 radical (unpaired) electrons. The van der Waals surface area contributed by atoms with Crippen LogP contribution in [-0.2, 0) is 30.7 Å². The van der Waals surface area contributed by atoms with Gasteiger partial charge in [-0.3, -0.25) is 0 Å². The van der Waals surface area contributed by atoms with E-state index < -0.39 is 0 Å². The van der Waals surface area contributed by atoms with Gasteiger partial charge in [0.2, 0.25) is 0 Å². The molecule has 2 amide bonds. The van der Waals surface area contributed by atoms with E-state index in [0.29, 0.717) is 34.2 Å². The van der Waals surface area contributed by atoms with Crippen LogP contribution in [0.1, 0.15) is 55.6 Å². The Kier molecular flexibility index (Phi) is 14.3. The van der Waals surface area contributed by atoms with Crippen LogP contribution >= 0.6 is 0 Å². The molecule has 0 aromatic heterocycles. The molecule has 2 heterocycles. The van der Waals surface area contributed by atoms with Gasteiger partial charge < -0.3 is 20.2 Å². The fraction of sp³-hybridized carbons (Fsp3) is 0. The molecule has 6 nitrogen and oxygen atoms in total. The number of amides is 2. The van der Waals surface area contributed by atoms with E-state index in [1.807, 2.05) is 206 Å². The number of carbonyl (C=O) groups is 2. The van der Waals surface area contributed by atoms with Crippen LogP contribution in [0.3, 0.4) is 0 Å². The van der Waals surface area contributed by atoms with E-state index >= 15 is 0 Å². The number of carbonyl (C=O) groups excluding carboxylic acids is 2. The molecule has 312 valence electrons. The van der Waals surface area contributed by atoms with Crippen molar-refractivity contribution >= 4 is 46.0 Å². The molecule has 0 atom stereocenters.